The second-order valence-electron chi connectivity index (χ2n) is 4.47. The second-order valence-corrected chi connectivity index (χ2v) is 4.47. The summed E-state index contributed by atoms with van der Waals surface area (Å²) in [5.74, 6) is 0.227. The standard InChI is InChI=1S/C13H16N2O2/c1-9-8-10(6-7-14-9)13(17)15-11-2-4-12(16)5-3-11/h6-8,11H,2-5H2,1H3,(H,15,17). The smallest absolute Gasteiger partial charge is 0.251 e. The Kier molecular flexibility index (Phi) is 3.52. The third-order valence-corrected chi connectivity index (χ3v) is 3.04. The number of carbonyl (C=O) groups is 2. The molecule has 0 unspecified atom stereocenters. The molecule has 1 fully saturated rings. The minimum absolute atomic E-state index is 0.0742. The Hall–Kier alpha value is -1.71. The van der Waals surface area contributed by atoms with Crippen molar-refractivity contribution in [1.29, 1.82) is 0 Å². The number of nitrogens with one attached hydrogen (secondary N) is 1. The number of aromatic nitrogens is 1. The highest BCUT2D eigenvalue weighted by Gasteiger charge is 2.20. The van der Waals surface area contributed by atoms with E-state index < -0.39 is 0 Å². The molecule has 1 aromatic heterocycles. The van der Waals surface area contributed by atoms with Gasteiger partial charge in [-0.2, -0.15) is 0 Å². The van der Waals surface area contributed by atoms with Gasteiger partial charge >= 0.3 is 0 Å². The number of pyridine rings is 1. The Labute approximate surface area is 100 Å². The van der Waals surface area contributed by atoms with E-state index in [1.54, 1.807) is 18.3 Å². The molecule has 17 heavy (non-hydrogen) atoms. The average Bonchev–Trinajstić information content (AvgIpc) is 2.32. The van der Waals surface area contributed by atoms with Crippen LogP contribution in [0.2, 0.25) is 0 Å². The van der Waals surface area contributed by atoms with E-state index in [0.717, 1.165) is 18.5 Å². The van der Waals surface area contributed by atoms with E-state index in [9.17, 15) is 9.59 Å². The fraction of sp³-hybridized carbons (Fsp3) is 0.462. The lowest BCUT2D eigenvalue weighted by Crippen LogP contribution is -2.37. The van der Waals surface area contributed by atoms with Gasteiger partial charge in [-0.1, -0.05) is 0 Å². The first-order valence-electron chi connectivity index (χ1n) is 5.90. The lowest BCUT2D eigenvalue weighted by molar-refractivity contribution is -0.120. The van der Waals surface area contributed by atoms with Crippen LogP contribution in [0.25, 0.3) is 0 Å². The first-order chi connectivity index (χ1) is 8.15. The SMILES string of the molecule is Cc1cc(C(=O)NC2CCC(=O)CC2)ccn1. The van der Waals surface area contributed by atoms with Gasteiger partial charge in [0.05, 0.1) is 0 Å². The van der Waals surface area contributed by atoms with Crippen LogP contribution in [0.3, 0.4) is 0 Å². The Balaban J connectivity index is 1.95. The van der Waals surface area contributed by atoms with Crippen molar-refractivity contribution >= 4 is 11.7 Å². The second kappa shape index (κ2) is 5.08. The Morgan fingerprint density at radius 1 is 1.41 bits per heavy atom. The van der Waals surface area contributed by atoms with E-state index in [-0.39, 0.29) is 11.9 Å². The molecular formula is C13H16N2O2. The number of hydrogen-bond donors (Lipinski definition) is 1. The molecule has 0 aliphatic heterocycles. The molecule has 1 saturated carbocycles. The van der Waals surface area contributed by atoms with Crippen LogP contribution < -0.4 is 5.32 Å². The fourth-order valence-electron chi connectivity index (χ4n) is 2.04. The summed E-state index contributed by atoms with van der Waals surface area (Å²) in [6.07, 6.45) is 4.32. The van der Waals surface area contributed by atoms with Crippen molar-refractivity contribution in [3.8, 4) is 0 Å². The van der Waals surface area contributed by atoms with E-state index in [1.165, 1.54) is 0 Å². The molecule has 1 aromatic rings. The summed E-state index contributed by atoms with van der Waals surface area (Å²) in [5, 5.41) is 2.96. The third-order valence-electron chi connectivity index (χ3n) is 3.04. The molecule has 0 atom stereocenters. The maximum atomic E-state index is 11.9. The van der Waals surface area contributed by atoms with Crippen LogP contribution >= 0.6 is 0 Å². The summed E-state index contributed by atoms with van der Waals surface area (Å²) in [6, 6.07) is 3.60. The maximum Gasteiger partial charge on any atom is 0.251 e. The van der Waals surface area contributed by atoms with Gasteiger partial charge in [0.25, 0.3) is 5.91 Å². The monoisotopic (exact) mass is 232 g/mol. The zero-order valence-electron chi connectivity index (χ0n) is 9.90. The Morgan fingerprint density at radius 3 is 2.76 bits per heavy atom. The van der Waals surface area contributed by atoms with Crippen molar-refractivity contribution in [2.75, 3.05) is 0 Å². The van der Waals surface area contributed by atoms with Gasteiger partial charge in [0.1, 0.15) is 5.78 Å². The lowest BCUT2D eigenvalue weighted by atomic mass is 9.94. The van der Waals surface area contributed by atoms with Gasteiger partial charge in [0.2, 0.25) is 0 Å². The molecule has 1 N–H and O–H groups in total. The zero-order valence-corrected chi connectivity index (χ0v) is 9.90. The highest BCUT2D eigenvalue weighted by atomic mass is 16.1. The predicted octanol–water partition coefficient (Wildman–Crippen LogP) is 1.63. The summed E-state index contributed by atoms with van der Waals surface area (Å²) in [7, 11) is 0. The van der Waals surface area contributed by atoms with E-state index in [1.807, 2.05) is 6.92 Å². The zero-order chi connectivity index (χ0) is 12.3. The number of ketones is 1. The number of amides is 1. The number of carbonyl (C=O) groups excluding carboxylic acids is 2. The van der Waals surface area contributed by atoms with Gasteiger partial charge in [-0.3, -0.25) is 14.6 Å². The quantitative estimate of drug-likeness (QED) is 0.843. The normalized spacial score (nSPS) is 16.9. The molecule has 2 rings (SSSR count). The minimum Gasteiger partial charge on any atom is -0.349 e. The van der Waals surface area contributed by atoms with E-state index in [0.29, 0.717) is 24.2 Å². The minimum atomic E-state index is -0.0742. The molecule has 4 nitrogen and oxygen atoms in total. The van der Waals surface area contributed by atoms with Crippen molar-refractivity contribution in [3.63, 3.8) is 0 Å². The molecule has 1 amide bonds. The molecule has 0 bridgehead atoms. The van der Waals surface area contributed by atoms with Crippen LogP contribution in [-0.4, -0.2) is 22.7 Å². The average molecular weight is 232 g/mol. The van der Waals surface area contributed by atoms with Gasteiger partial charge in [-0.15, -0.1) is 0 Å². The first kappa shape index (κ1) is 11.8. The number of nitrogens with zero attached hydrogens (tertiary/aromatic N) is 1. The Morgan fingerprint density at radius 2 is 2.12 bits per heavy atom. The van der Waals surface area contributed by atoms with Crippen LogP contribution in [0.15, 0.2) is 18.3 Å². The highest BCUT2D eigenvalue weighted by Crippen LogP contribution is 2.15. The van der Waals surface area contributed by atoms with Gasteiger partial charge in [0, 0.05) is 36.3 Å². The van der Waals surface area contributed by atoms with Gasteiger partial charge in [-0.05, 0) is 31.9 Å². The number of hydrogen-bond acceptors (Lipinski definition) is 3. The summed E-state index contributed by atoms with van der Waals surface area (Å²) < 4.78 is 0. The first-order valence-corrected chi connectivity index (χ1v) is 5.90. The number of rotatable bonds is 2. The number of Topliss-reactive ketones (excluding diaryl/α,β-unsaturated/α-hetero) is 1. The molecule has 0 spiro atoms. The Bertz CT molecular complexity index is 433. The third kappa shape index (κ3) is 3.12. The van der Waals surface area contributed by atoms with Gasteiger partial charge < -0.3 is 5.32 Å². The highest BCUT2D eigenvalue weighted by molar-refractivity contribution is 5.94. The molecule has 0 saturated heterocycles. The predicted molar refractivity (Wildman–Crippen MR) is 63.7 cm³/mol. The summed E-state index contributed by atoms with van der Waals surface area (Å²) in [4.78, 5) is 27.1. The molecule has 4 heteroatoms. The van der Waals surface area contributed by atoms with Gasteiger partial charge in [-0.25, -0.2) is 0 Å². The van der Waals surface area contributed by atoms with Crippen LogP contribution in [0.4, 0.5) is 0 Å². The van der Waals surface area contributed by atoms with Crippen LogP contribution in [0.1, 0.15) is 41.7 Å². The van der Waals surface area contributed by atoms with Crippen molar-refractivity contribution in [1.82, 2.24) is 10.3 Å². The molecule has 1 aliphatic rings. The van der Waals surface area contributed by atoms with E-state index in [4.69, 9.17) is 0 Å². The molecule has 90 valence electrons. The van der Waals surface area contributed by atoms with Crippen LogP contribution in [0, 0.1) is 6.92 Å². The molecule has 1 heterocycles. The lowest BCUT2D eigenvalue weighted by Gasteiger charge is -2.22. The van der Waals surface area contributed by atoms with E-state index >= 15 is 0 Å². The summed E-state index contributed by atoms with van der Waals surface area (Å²) in [6.45, 7) is 1.86. The van der Waals surface area contributed by atoms with Crippen molar-refractivity contribution in [2.24, 2.45) is 0 Å². The summed E-state index contributed by atoms with van der Waals surface area (Å²) in [5.41, 5.74) is 1.46. The molecule has 1 aliphatic carbocycles. The van der Waals surface area contributed by atoms with Crippen molar-refractivity contribution in [3.05, 3.63) is 29.6 Å². The molecular weight excluding hydrogens is 216 g/mol. The van der Waals surface area contributed by atoms with Crippen molar-refractivity contribution in [2.45, 2.75) is 38.6 Å². The summed E-state index contributed by atoms with van der Waals surface area (Å²) >= 11 is 0. The van der Waals surface area contributed by atoms with E-state index in [2.05, 4.69) is 10.3 Å². The fourth-order valence-corrected chi connectivity index (χ4v) is 2.04. The largest absolute Gasteiger partial charge is 0.349 e. The van der Waals surface area contributed by atoms with Crippen molar-refractivity contribution < 1.29 is 9.59 Å². The topological polar surface area (TPSA) is 59.1 Å². The van der Waals surface area contributed by atoms with Gasteiger partial charge in [0.15, 0.2) is 0 Å². The maximum absolute atomic E-state index is 11.9. The van der Waals surface area contributed by atoms with Crippen LogP contribution in [0.5, 0.6) is 0 Å². The molecule has 0 radical (unpaired) electrons. The van der Waals surface area contributed by atoms with Crippen LogP contribution in [-0.2, 0) is 4.79 Å². The molecule has 0 aromatic carbocycles. The number of aryl methyl sites for hydroxylation is 1.